The van der Waals surface area contributed by atoms with Gasteiger partial charge in [-0.25, -0.2) is 9.97 Å². The number of aliphatic hydroxyl groups excluding tert-OH is 1. The highest BCUT2D eigenvalue weighted by molar-refractivity contribution is 9.10. The topological polar surface area (TPSA) is 84.5 Å². The molecule has 0 aromatic carbocycles. The lowest BCUT2D eigenvalue weighted by Crippen LogP contribution is -2.44. The molecule has 0 radical (unpaired) electrons. The van der Waals surface area contributed by atoms with Gasteiger partial charge in [-0.1, -0.05) is 0 Å². The number of morpholine rings is 1. The van der Waals surface area contributed by atoms with Gasteiger partial charge in [0.15, 0.2) is 0 Å². The third-order valence-electron chi connectivity index (χ3n) is 2.44. The van der Waals surface area contributed by atoms with Gasteiger partial charge in [0.25, 0.3) is 0 Å². The summed E-state index contributed by atoms with van der Waals surface area (Å²) < 4.78 is 6.06. The van der Waals surface area contributed by atoms with Gasteiger partial charge in [-0.05, 0) is 15.9 Å². The lowest BCUT2D eigenvalue weighted by atomic mass is 10.3. The Kier molecular flexibility index (Phi) is 3.57. The summed E-state index contributed by atoms with van der Waals surface area (Å²) in [6.45, 7) is 1.91. The minimum atomic E-state index is -0.170. The van der Waals surface area contributed by atoms with Crippen LogP contribution in [0.5, 0.6) is 0 Å². The first-order valence-corrected chi connectivity index (χ1v) is 5.75. The van der Waals surface area contributed by atoms with Crippen LogP contribution in [0.25, 0.3) is 0 Å². The van der Waals surface area contributed by atoms with E-state index in [1.54, 1.807) is 0 Å². The molecule has 1 aliphatic heterocycles. The minimum absolute atomic E-state index is 0.00862. The third kappa shape index (κ3) is 2.26. The van der Waals surface area contributed by atoms with Crippen molar-refractivity contribution in [2.45, 2.75) is 6.10 Å². The summed E-state index contributed by atoms with van der Waals surface area (Å²) in [4.78, 5) is 10.1. The van der Waals surface area contributed by atoms with E-state index in [2.05, 4.69) is 25.9 Å². The van der Waals surface area contributed by atoms with E-state index < -0.39 is 0 Å². The second-order valence-electron chi connectivity index (χ2n) is 3.52. The van der Waals surface area contributed by atoms with Crippen LogP contribution in [-0.2, 0) is 4.74 Å². The molecule has 16 heavy (non-hydrogen) atoms. The van der Waals surface area contributed by atoms with E-state index in [0.29, 0.717) is 23.4 Å². The zero-order chi connectivity index (χ0) is 11.5. The number of nitrogens with two attached hydrogens (primary N) is 1. The van der Waals surface area contributed by atoms with Crippen LogP contribution in [-0.4, -0.2) is 47.5 Å². The number of aromatic nitrogens is 2. The van der Waals surface area contributed by atoms with E-state index in [9.17, 15) is 0 Å². The summed E-state index contributed by atoms with van der Waals surface area (Å²) in [6.07, 6.45) is 1.26. The van der Waals surface area contributed by atoms with Gasteiger partial charge in [0.05, 0.1) is 19.3 Å². The Hall–Kier alpha value is -0.920. The van der Waals surface area contributed by atoms with Crippen molar-refractivity contribution in [1.29, 1.82) is 0 Å². The molecule has 1 saturated heterocycles. The van der Waals surface area contributed by atoms with Gasteiger partial charge in [0.1, 0.15) is 22.4 Å². The molecular weight excluding hydrogens is 276 g/mol. The molecule has 0 saturated carbocycles. The van der Waals surface area contributed by atoms with E-state index in [1.807, 2.05) is 4.90 Å². The van der Waals surface area contributed by atoms with Crippen molar-refractivity contribution in [3.05, 3.63) is 10.8 Å². The number of nitrogen functional groups attached to an aromatic ring is 1. The molecule has 1 atom stereocenters. The molecule has 0 bridgehead atoms. The molecule has 1 unspecified atom stereocenters. The number of rotatable bonds is 2. The molecule has 1 fully saturated rings. The molecule has 1 aliphatic rings. The smallest absolute Gasteiger partial charge is 0.148 e. The monoisotopic (exact) mass is 288 g/mol. The lowest BCUT2D eigenvalue weighted by Gasteiger charge is -2.33. The zero-order valence-electron chi connectivity index (χ0n) is 8.64. The van der Waals surface area contributed by atoms with Crippen molar-refractivity contribution in [3.63, 3.8) is 0 Å². The number of ether oxygens (including phenoxy) is 1. The second kappa shape index (κ2) is 4.94. The van der Waals surface area contributed by atoms with E-state index >= 15 is 0 Å². The van der Waals surface area contributed by atoms with Gasteiger partial charge in [-0.2, -0.15) is 0 Å². The van der Waals surface area contributed by atoms with Gasteiger partial charge < -0.3 is 20.5 Å². The number of anilines is 2. The van der Waals surface area contributed by atoms with E-state index in [4.69, 9.17) is 15.6 Å². The van der Waals surface area contributed by atoms with E-state index in [1.165, 1.54) is 6.33 Å². The molecule has 0 amide bonds. The Morgan fingerprint density at radius 3 is 3.19 bits per heavy atom. The number of aliphatic hydroxyl groups is 1. The molecule has 88 valence electrons. The van der Waals surface area contributed by atoms with Crippen LogP contribution in [0.2, 0.25) is 0 Å². The SMILES string of the molecule is Nc1ncnc(N2CCOC(CO)C2)c1Br. The van der Waals surface area contributed by atoms with Crippen molar-refractivity contribution in [2.75, 3.05) is 36.9 Å². The summed E-state index contributed by atoms with van der Waals surface area (Å²) in [5.41, 5.74) is 5.69. The maximum atomic E-state index is 9.06. The number of hydrogen-bond acceptors (Lipinski definition) is 6. The third-order valence-corrected chi connectivity index (χ3v) is 3.20. The van der Waals surface area contributed by atoms with Gasteiger partial charge in [-0.15, -0.1) is 0 Å². The van der Waals surface area contributed by atoms with E-state index in [-0.39, 0.29) is 12.7 Å². The molecule has 7 heteroatoms. The summed E-state index contributed by atoms with van der Waals surface area (Å²) >= 11 is 3.36. The Labute approximate surface area is 102 Å². The molecular formula is C9H13BrN4O2. The maximum absolute atomic E-state index is 9.06. The second-order valence-corrected chi connectivity index (χ2v) is 4.31. The molecule has 3 N–H and O–H groups in total. The van der Waals surface area contributed by atoms with Crippen LogP contribution in [0.15, 0.2) is 10.8 Å². The summed E-state index contributed by atoms with van der Waals surface area (Å²) in [5, 5.41) is 9.06. The molecule has 0 aliphatic carbocycles. The minimum Gasteiger partial charge on any atom is -0.394 e. The fraction of sp³-hybridized carbons (Fsp3) is 0.556. The number of hydrogen-bond donors (Lipinski definition) is 2. The molecule has 2 heterocycles. The first kappa shape index (κ1) is 11.6. The molecule has 1 aromatic heterocycles. The van der Waals surface area contributed by atoms with Gasteiger partial charge >= 0.3 is 0 Å². The Bertz CT molecular complexity index is 377. The van der Waals surface area contributed by atoms with Crippen molar-refractivity contribution in [1.82, 2.24) is 9.97 Å². The standard InChI is InChI=1S/C9H13BrN4O2/c10-7-8(11)12-5-13-9(7)14-1-2-16-6(3-14)4-15/h5-6,15H,1-4H2,(H2,11,12,13). The van der Waals surface area contributed by atoms with Crippen LogP contribution in [0.1, 0.15) is 0 Å². The highest BCUT2D eigenvalue weighted by Gasteiger charge is 2.23. The van der Waals surface area contributed by atoms with Crippen LogP contribution < -0.4 is 10.6 Å². The van der Waals surface area contributed by atoms with Gasteiger partial charge in [-0.3, -0.25) is 0 Å². The summed E-state index contributed by atoms with van der Waals surface area (Å²) in [7, 11) is 0. The number of halogens is 1. The number of nitrogens with zero attached hydrogens (tertiary/aromatic N) is 3. The average Bonchev–Trinajstić information content (AvgIpc) is 2.33. The fourth-order valence-corrected chi connectivity index (χ4v) is 2.07. The Morgan fingerprint density at radius 2 is 2.44 bits per heavy atom. The molecule has 2 rings (SSSR count). The van der Waals surface area contributed by atoms with Crippen LogP contribution in [0.3, 0.4) is 0 Å². The van der Waals surface area contributed by atoms with Crippen molar-refractivity contribution >= 4 is 27.6 Å². The van der Waals surface area contributed by atoms with E-state index in [0.717, 1.165) is 12.4 Å². The first-order chi connectivity index (χ1) is 7.72. The lowest BCUT2D eigenvalue weighted by molar-refractivity contribution is 0.00332. The van der Waals surface area contributed by atoms with Crippen LogP contribution in [0, 0.1) is 0 Å². The Morgan fingerprint density at radius 1 is 1.62 bits per heavy atom. The van der Waals surface area contributed by atoms with Crippen LogP contribution in [0.4, 0.5) is 11.6 Å². The molecule has 0 spiro atoms. The van der Waals surface area contributed by atoms with Crippen molar-refractivity contribution in [2.24, 2.45) is 0 Å². The van der Waals surface area contributed by atoms with Crippen molar-refractivity contribution < 1.29 is 9.84 Å². The first-order valence-electron chi connectivity index (χ1n) is 4.95. The highest BCUT2D eigenvalue weighted by atomic mass is 79.9. The Balaban J connectivity index is 2.20. The summed E-state index contributed by atoms with van der Waals surface area (Å²) in [5.74, 6) is 1.16. The van der Waals surface area contributed by atoms with Crippen LogP contribution >= 0.6 is 15.9 Å². The molecule has 6 nitrogen and oxygen atoms in total. The van der Waals surface area contributed by atoms with Gasteiger partial charge in [0, 0.05) is 13.1 Å². The summed E-state index contributed by atoms with van der Waals surface area (Å²) in [6, 6.07) is 0. The zero-order valence-corrected chi connectivity index (χ0v) is 10.2. The molecule has 1 aromatic rings. The quantitative estimate of drug-likeness (QED) is 0.798. The normalized spacial score (nSPS) is 21.1. The predicted molar refractivity (Wildman–Crippen MR) is 63.2 cm³/mol. The van der Waals surface area contributed by atoms with Gasteiger partial charge in [0.2, 0.25) is 0 Å². The fourth-order valence-electron chi connectivity index (χ4n) is 1.62. The predicted octanol–water partition coefficient (Wildman–Crippen LogP) is 0.0188. The maximum Gasteiger partial charge on any atom is 0.148 e. The van der Waals surface area contributed by atoms with Crippen molar-refractivity contribution in [3.8, 4) is 0 Å². The highest BCUT2D eigenvalue weighted by Crippen LogP contribution is 2.28. The largest absolute Gasteiger partial charge is 0.394 e. The average molecular weight is 289 g/mol.